The molecule has 0 spiro atoms. The van der Waals surface area contributed by atoms with E-state index in [9.17, 15) is 14.4 Å². The highest BCUT2D eigenvalue weighted by Crippen LogP contribution is 2.23. The van der Waals surface area contributed by atoms with E-state index in [2.05, 4.69) is 15.6 Å². The van der Waals surface area contributed by atoms with E-state index in [1.807, 2.05) is 0 Å². The summed E-state index contributed by atoms with van der Waals surface area (Å²) in [6, 6.07) is 4.86. The van der Waals surface area contributed by atoms with Crippen LogP contribution in [0.2, 0.25) is 0 Å². The van der Waals surface area contributed by atoms with Crippen LogP contribution < -0.4 is 10.9 Å². The van der Waals surface area contributed by atoms with Crippen molar-refractivity contribution in [3.8, 4) is 0 Å². The Kier molecular flexibility index (Phi) is 7.02. The zero-order valence-electron chi connectivity index (χ0n) is 16.5. The molecule has 0 atom stereocenters. The summed E-state index contributed by atoms with van der Waals surface area (Å²) in [7, 11) is 0. The van der Waals surface area contributed by atoms with Crippen molar-refractivity contribution in [2.24, 2.45) is 0 Å². The highest BCUT2D eigenvalue weighted by Gasteiger charge is 2.15. The van der Waals surface area contributed by atoms with Crippen LogP contribution in [-0.4, -0.2) is 43.1 Å². The van der Waals surface area contributed by atoms with Crippen molar-refractivity contribution in [2.75, 3.05) is 5.32 Å². The number of nitrogens with one attached hydrogen (secondary N) is 1. The molecule has 0 bridgehead atoms. The molecule has 3 N–H and O–H groups in total. The Bertz CT molecular complexity index is 1160. The molecule has 0 saturated carbocycles. The molecular formula is C19H20N4O7. The van der Waals surface area contributed by atoms with Crippen molar-refractivity contribution < 1.29 is 29.0 Å². The fourth-order valence-electron chi connectivity index (χ4n) is 2.65. The summed E-state index contributed by atoms with van der Waals surface area (Å²) in [5.74, 6) is -2.25. The minimum absolute atomic E-state index is 0.000593. The number of hydrogen-bond acceptors (Lipinski definition) is 7. The maximum absolute atomic E-state index is 12.1. The second-order valence-corrected chi connectivity index (χ2v) is 6.40. The molecular weight excluding hydrogens is 396 g/mol. The van der Waals surface area contributed by atoms with Crippen LogP contribution in [0.25, 0.3) is 11.0 Å². The summed E-state index contributed by atoms with van der Waals surface area (Å²) in [6.45, 7) is 4.52. The molecule has 11 heteroatoms. The first-order valence-electron chi connectivity index (χ1n) is 8.71. The maximum atomic E-state index is 12.1. The van der Waals surface area contributed by atoms with E-state index in [-0.39, 0.29) is 23.6 Å². The molecule has 11 nitrogen and oxygen atoms in total. The van der Waals surface area contributed by atoms with Gasteiger partial charge in [0.1, 0.15) is 12.1 Å². The SMILES string of the molecule is CC(=O)O.Cc1cn(CC(=O)Nc2ccc3c(C)c(CC(=O)O)c(=O)oc3c2)nn1. The van der Waals surface area contributed by atoms with Gasteiger partial charge in [0.05, 0.1) is 17.7 Å². The number of rotatable bonds is 5. The van der Waals surface area contributed by atoms with Gasteiger partial charge in [0.15, 0.2) is 0 Å². The van der Waals surface area contributed by atoms with Gasteiger partial charge in [0.2, 0.25) is 5.91 Å². The molecule has 0 saturated heterocycles. The van der Waals surface area contributed by atoms with Crippen LogP contribution in [0.3, 0.4) is 0 Å². The predicted octanol–water partition coefficient (Wildman–Crippen LogP) is 1.36. The van der Waals surface area contributed by atoms with Crippen LogP contribution in [-0.2, 0) is 27.3 Å². The Morgan fingerprint density at radius 3 is 2.43 bits per heavy atom. The van der Waals surface area contributed by atoms with Crippen molar-refractivity contribution >= 4 is 34.5 Å². The zero-order valence-corrected chi connectivity index (χ0v) is 16.5. The van der Waals surface area contributed by atoms with Gasteiger partial charge in [-0.2, -0.15) is 0 Å². The molecule has 158 valence electrons. The molecule has 1 aromatic carbocycles. The van der Waals surface area contributed by atoms with E-state index in [1.165, 1.54) is 10.7 Å². The second-order valence-electron chi connectivity index (χ2n) is 6.40. The second kappa shape index (κ2) is 9.45. The first-order valence-corrected chi connectivity index (χ1v) is 8.71. The third-order valence-electron chi connectivity index (χ3n) is 3.86. The summed E-state index contributed by atoms with van der Waals surface area (Å²) < 4.78 is 6.63. The molecule has 3 aromatic rings. The first kappa shape index (κ1) is 22.3. The van der Waals surface area contributed by atoms with E-state index in [0.717, 1.165) is 6.92 Å². The number of aliphatic carboxylic acids is 2. The molecule has 2 aromatic heterocycles. The van der Waals surface area contributed by atoms with E-state index in [0.29, 0.717) is 22.3 Å². The van der Waals surface area contributed by atoms with Crippen molar-refractivity contribution in [3.63, 3.8) is 0 Å². The van der Waals surface area contributed by atoms with Gasteiger partial charge in [-0.25, -0.2) is 9.48 Å². The van der Waals surface area contributed by atoms with Crippen molar-refractivity contribution in [1.82, 2.24) is 15.0 Å². The first-order chi connectivity index (χ1) is 14.1. The summed E-state index contributed by atoms with van der Waals surface area (Å²) in [5, 5.41) is 27.3. The molecule has 0 unspecified atom stereocenters. The number of carboxylic acids is 2. The standard InChI is InChI=1S/C17H16N4O5.C2H4O2/c1-9-7-21(20-19-9)8-15(22)18-11-3-4-12-10(2)13(6-16(23)24)17(25)26-14(12)5-11;1-2(3)4/h3-5,7H,6,8H2,1-2H3,(H,18,22)(H,23,24);1H3,(H,3,4). The number of amides is 1. The van der Waals surface area contributed by atoms with Crippen LogP contribution in [0.5, 0.6) is 0 Å². The molecule has 0 aliphatic carbocycles. The van der Waals surface area contributed by atoms with Crippen LogP contribution in [0.1, 0.15) is 23.7 Å². The van der Waals surface area contributed by atoms with Crippen molar-refractivity contribution in [1.29, 1.82) is 0 Å². The van der Waals surface area contributed by atoms with Crippen LogP contribution in [0.4, 0.5) is 5.69 Å². The number of benzene rings is 1. The highest BCUT2D eigenvalue weighted by molar-refractivity contribution is 5.93. The minimum atomic E-state index is -1.10. The van der Waals surface area contributed by atoms with Crippen LogP contribution in [0.15, 0.2) is 33.6 Å². The lowest BCUT2D eigenvalue weighted by atomic mass is 10.0. The van der Waals surface area contributed by atoms with Gasteiger partial charge in [0, 0.05) is 30.3 Å². The van der Waals surface area contributed by atoms with Crippen molar-refractivity contribution in [3.05, 3.63) is 51.6 Å². The molecule has 2 heterocycles. The average Bonchev–Trinajstić information content (AvgIpc) is 3.02. The Morgan fingerprint density at radius 1 is 1.20 bits per heavy atom. The Balaban J connectivity index is 0.000000735. The largest absolute Gasteiger partial charge is 0.481 e. The van der Waals surface area contributed by atoms with Gasteiger partial charge >= 0.3 is 11.6 Å². The van der Waals surface area contributed by atoms with E-state index in [1.54, 1.807) is 32.2 Å². The number of carbonyl (C=O) groups is 3. The smallest absolute Gasteiger partial charge is 0.340 e. The Labute approximate surface area is 169 Å². The van der Waals surface area contributed by atoms with Crippen LogP contribution >= 0.6 is 0 Å². The van der Waals surface area contributed by atoms with Crippen molar-refractivity contribution in [2.45, 2.75) is 33.7 Å². The number of aromatic nitrogens is 3. The number of carbonyl (C=O) groups excluding carboxylic acids is 1. The quantitative estimate of drug-likeness (QED) is 0.521. The summed E-state index contributed by atoms with van der Waals surface area (Å²) in [4.78, 5) is 44.0. The van der Waals surface area contributed by atoms with Gasteiger partial charge in [0.25, 0.3) is 5.97 Å². The summed E-state index contributed by atoms with van der Waals surface area (Å²) in [5.41, 5.74) is 1.40. The number of nitrogens with zero attached hydrogens (tertiary/aromatic N) is 3. The van der Waals surface area contributed by atoms with E-state index >= 15 is 0 Å². The zero-order chi connectivity index (χ0) is 22.4. The lowest BCUT2D eigenvalue weighted by Crippen LogP contribution is -2.19. The molecule has 0 aliphatic heterocycles. The fourth-order valence-corrected chi connectivity index (χ4v) is 2.65. The topological polar surface area (TPSA) is 165 Å². The minimum Gasteiger partial charge on any atom is -0.481 e. The molecule has 0 radical (unpaired) electrons. The number of fused-ring (bicyclic) bond motifs is 1. The van der Waals surface area contributed by atoms with E-state index < -0.39 is 24.0 Å². The fraction of sp³-hybridized carbons (Fsp3) is 0.263. The third-order valence-corrected chi connectivity index (χ3v) is 3.86. The lowest BCUT2D eigenvalue weighted by molar-refractivity contribution is -0.136. The summed E-state index contributed by atoms with van der Waals surface area (Å²) >= 11 is 0. The van der Waals surface area contributed by atoms with Gasteiger partial charge in [-0.3, -0.25) is 14.4 Å². The molecule has 30 heavy (non-hydrogen) atoms. The number of anilines is 1. The molecule has 3 rings (SSSR count). The highest BCUT2D eigenvalue weighted by atomic mass is 16.4. The number of hydrogen-bond donors (Lipinski definition) is 3. The van der Waals surface area contributed by atoms with Gasteiger partial charge in [-0.15, -0.1) is 5.10 Å². The van der Waals surface area contributed by atoms with E-state index in [4.69, 9.17) is 19.4 Å². The monoisotopic (exact) mass is 416 g/mol. The number of aryl methyl sites for hydroxylation is 2. The normalized spacial score (nSPS) is 10.2. The molecule has 1 amide bonds. The summed E-state index contributed by atoms with van der Waals surface area (Å²) in [6.07, 6.45) is 1.24. The molecule has 0 fully saturated rings. The molecule has 0 aliphatic rings. The lowest BCUT2D eigenvalue weighted by Gasteiger charge is -2.09. The maximum Gasteiger partial charge on any atom is 0.340 e. The Morgan fingerprint density at radius 2 is 1.87 bits per heavy atom. The Hall–Kier alpha value is -4.02. The number of carboxylic acid groups (broad SMARTS) is 2. The third kappa shape index (κ3) is 5.99. The van der Waals surface area contributed by atoms with Gasteiger partial charge in [-0.05, 0) is 31.5 Å². The van der Waals surface area contributed by atoms with Gasteiger partial charge < -0.3 is 19.9 Å². The van der Waals surface area contributed by atoms with Crippen LogP contribution in [0, 0.1) is 13.8 Å². The van der Waals surface area contributed by atoms with Gasteiger partial charge in [-0.1, -0.05) is 5.21 Å². The average molecular weight is 416 g/mol. The predicted molar refractivity (Wildman–Crippen MR) is 105 cm³/mol.